The number of nitrogen functional groups attached to an aromatic ring is 1. The van der Waals surface area contributed by atoms with Crippen LogP contribution in [-0.2, 0) is 24.2 Å². The Labute approximate surface area is 199 Å². The topological polar surface area (TPSA) is 138 Å². The zero-order valence-corrected chi connectivity index (χ0v) is 20.1. The van der Waals surface area contributed by atoms with Gasteiger partial charge in [0.2, 0.25) is 11.1 Å². The van der Waals surface area contributed by atoms with E-state index >= 15 is 0 Å². The number of primary amides is 1. The molecule has 1 aromatic carbocycles. The van der Waals surface area contributed by atoms with Crippen LogP contribution in [0.1, 0.15) is 58.4 Å². The number of thioether (sulfide) groups is 1. The quantitative estimate of drug-likeness (QED) is 0.312. The van der Waals surface area contributed by atoms with E-state index in [1.54, 1.807) is 0 Å². The maximum absolute atomic E-state index is 12.5. The average molecular weight is 487 g/mol. The molecule has 0 unspecified atom stereocenters. The van der Waals surface area contributed by atoms with Gasteiger partial charge in [-0.15, -0.1) is 21.5 Å². The molecular formula is C22H26N6O3S2. The lowest BCUT2D eigenvalue weighted by molar-refractivity contribution is -0.113. The summed E-state index contributed by atoms with van der Waals surface area (Å²) in [5.74, 6) is 6.97. The zero-order chi connectivity index (χ0) is 23.5. The Kier molecular flexibility index (Phi) is 6.89. The Morgan fingerprint density at radius 2 is 2.00 bits per heavy atom. The number of nitrogens with zero attached hydrogens (tertiary/aromatic N) is 3. The standard InChI is InChI=1S/C22H26N6O3S2/c1-12(2)13-6-8-14(9-7-13)31-10-17-26-27-22(28(17)24)32-11-18(29)25-21-19(20(23)30)15-4-3-5-16(15)33-21/h6-9,12H,3-5,10-11,24H2,1-2H3,(H2,23,30)(H,25,29). The molecule has 2 aromatic heterocycles. The van der Waals surface area contributed by atoms with Gasteiger partial charge in [0.1, 0.15) is 17.4 Å². The third kappa shape index (κ3) is 5.14. The first-order valence-electron chi connectivity index (χ1n) is 10.6. The van der Waals surface area contributed by atoms with Crippen LogP contribution in [0.15, 0.2) is 29.4 Å². The predicted octanol–water partition coefficient (Wildman–Crippen LogP) is 3.07. The van der Waals surface area contributed by atoms with E-state index in [2.05, 4.69) is 29.4 Å². The van der Waals surface area contributed by atoms with Crippen LogP contribution in [0.4, 0.5) is 5.00 Å². The maximum Gasteiger partial charge on any atom is 0.251 e. The third-order valence-electron chi connectivity index (χ3n) is 5.40. The molecule has 0 fully saturated rings. The fourth-order valence-corrected chi connectivity index (χ4v) is 5.63. The second-order valence-corrected chi connectivity index (χ2v) is 10.1. The lowest BCUT2D eigenvalue weighted by atomic mass is 10.0. The Bertz CT molecular complexity index is 1170. The summed E-state index contributed by atoms with van der Waals surface area (Å²) in [6.07, 6.45) is 2.73. The van der Waals surface area contributed by atoms with E-state index < -0.39 is 5.91 Å². The summed E-state index contributed by atoms with van der Waals surface area (Å²) in [7, 11) is 0. The van der Waals surface area contributed by atoms with E-state index in [1.165, 1.54) is 21.6 Å². The number of aryl methyl sites for hydroxylation is 1. The van der Waals surface area contributed by atoms with Crippen molar-refractivity contribution in [2.75, 3.05) is 16.9 Å². The normalized spacial score (nSPS) is 12.7. The van der Waals surface area contributed by atoms with E-state index in [-0.39, 0.29) is 18.3 Å². The second kappa shape index (κ2) is 9.84. The van der Waals surface area contributed by atoms with Crippen molar-refractivity contribution in [2.45, 2.75) is 50.8 Å². The van der Waals surface area contributed by atoms with Gasteiger partial charge >= 0.3 is 0 Å². The molecule has 0 spiro atoms. The SMILES string of the molecule is CC(C)c1ccc(OCc2nnc(SCC(=O)Nc3sc4c(c3C(N)=O)CCC4)n2N)cc1. The zero-order valence-electron chi connectivity index (χ0n) is 18.5. The van der Waals surface area contributed by atoms with Crippen LogP contribution in [0, 0.1) is 0 Å². The number of rotatable bonds is 9. The minimum absolute atomic E-state index is 0.0631. The van der Waals surface area contributed by atoms with E-state index in [4.69, 9.17) is 16.3 Å². The van der Waals surface area contributed by atoms with Crippen molar-refractivity contribution in [1.82, 2.24) is 14.9 Å². The molecule has 0 bridgehead atoms. The van der Waals surface area contributed by atoms with Gasteiger partial charge in [-0.3, -0.25) is 9.59 Å². The lowest BCUT2D eigenvalue weighted by Crippen LogP contribution is -2.20. The Balaban J connectivity index is 1.32. The van der Waals surface area contributed by atoms with Crippen LogP contribution in [0.25, 0.3) is 0 Å². The number of ether oxygens (including phenoxy) is 1. The predicted molar refractivity (Wildman–Crippen MR) is 129 cm³/mol. The van der Waals surface area contributed by atoms with Crippen LogP contribution in [0.5, 0.6) is 5.75 Å². The van der Waals surface area contributed by atoms with E-state index in [1.807, 2.05) is 24.3 Å². The number of fused-ring (bicyclic) bond motifs is 1. The molecule has 11 heteroatoms. The molecule has 3 aromatic rings. The molecule has 0 radical (unpaired) electrons. The summed E-state index contributed by atoms with van der Waals surface area (Å²) in [4.78, 5) is 25.5. The van der Waals surface area contributed by atoms with Crippen LogP contribution in [-0.4, -0.2) is 32.4 Å². The minimum atomic E-state index is -0.512. The van der Waals surface area contributed by atoms with Crippen LogP contribution in [0.3, 0.4) is 0 Å². The van der Waals surface area contributed by atoms with Gasteiger partial charge in [0.15, 0.2) is 5.82 Å². The molecule has 174 valence electrons. The number of hydrogen-bond acceptors (Lipinski definition) is 8. The van der Waals surface area contributed by atoms with Crippen LogP contribution >= 0.6 is 23.1 Å². The number of carbonyl (C=O) groups excluding carboxylic acids is 2. The van der Waals surface area contributed by atoms with Gasteiger partial charge in [-0.25, -0.2) is 4.68 Å². The van der Waals surface area contributed by atoms with Gasteiger partial charge in [-0.1, -0.05) is 37.7 Å². The molecule has 5 N–H and O–H groups in total. The summed E-state index contributed by atoms with van der Waals surface area (Å²) in [5, 5.41) is 11.8. The number of nitrogens with one attached hydrogen (secondary N) is 1. The smallest absolute Gasteiger partial charge is 0.251 e. The van der Waals surface area contributed by atoms with Crippen LogP contribution in [0.2, 0.25) is 0 Å². The highest BCUT2D eigenvalue weighted by molar-refractivity contribution is 7.99. The monoisotopic (exact) mass is 486 g/mol. The van der Waals surface area contributed by atoms with Gasteiger partial charge in [-0.05, 0) is 48.4 Å². The first-order valence-corrected chi connectivity index (χ1v) is 12.4. The largest absolute Gasteiger partial charge is 0.486 e. The molecule has 4 rings (SSSR count). The molecule has 0 atom stereocenters. The van der Waals surface area contributed by atoms with Crippen molar-refractivity contribution in [3.63, 3.8) is 0 Å². The lowest BCUT2D eigenvalue weighted by Gasteiger charge is -2.09. The van der Waals surface area contributed by atoms with Crippen molar-refractivity contribution in [3.05, 3.63) is 51.7 Å². The molecule has 33 heavy (non-hydrogen) atoms. The molecule has 0 saturated carbocycles. The van der Waals surface area contributed by atoms with Gasteiger partial charge < -0.3 is 21.6 Å². The van der Waals surface area contributed by atoms with Crippen molar-refractivity contribution < 1.29 is 14.3 Å². The summed E-state index contributed by atoms with van der Waals surface area (Å²) in [5.41, 5.74) is 8.19. The van der Waals surface area contributed by atoms with Gasteiger partial charge in [-0.2, -0.15) is 0 Å². The average Bonchev–Trinajstić information content (AvgIpc) is 3.45. The molecule has 0 saturated heterocycles. The number of hydrogen-bond donors (Lipinski definition) is 3. The first-order chi connectivity index (χ1) is 15.8. The van der Waals surface area contributed by atoms with E-state index in [9.17, 15) is 9.59 Å². The summed E-state index contributed by atoms with van der Waals surface area (Å²) in [6.45, 7) is 4.42. The Morgan fingerprint density at radius 3 is 2.70 bits per heavy atom. The number of carbonyl (C=O) groups is 2. The van der Waals surface area contributed by atoms with E-state index in [0.29, 0.717) is 33.2 Å². The van der Waals surface area contributed by atoms with Crippen molar-refractivity contribution in [3.8, 4) is 5.75 Å². The summed E-state index contributed by atoms with van der Waals surface area (Å²) < 4.78 is 7.07. The molecule has 9 nitrogen and oxygen atoms in total. The molecule has 0 aliphatic heterocycles. The minimum Gasteiger partial charge on any atom is -0.486 e. The third-order valence-corrected chi connectivity index (χ3v) is 7.55. The van der Waals surface area contributed by atoms with Crippen molar-refractivity contribution >= 4 is 39.9 Å². The van der Waals surface area contributed by atoms with Gasteiger partial charge in [0, 0.05) is 4.88 Å². The number of amides is 2. The summed E-state index contributed by atoms with van der Waals surface area (Å²) in [6, 6.07) is 7.87. The number of aromatic nitrogens is 3. The van der Waals surface area contributed by atoms with E-state index in [0.717, 1.165) is 41.5 Å². The molecule has 1 aliphatic carbocycles. The van der Waals surface area contributed by atoms with Crippen molar-refractivity contribution in [2.24, 2.45) is 5.73 Å². The first kappa shape index (κ1) is 23.1. The Morgan fingerprint density at radius 1 is 1.24 bits per heavy atom. The second-order valence-electron chi connectivity index (χ2n) is 8.04. The number of thiophene rings is 1. The number of anilines is 1. The molecule has 1 aliphatic rings. The molecule has 2 heterocycles. The van der Waals surface area contributed by atoms with Gasteiger partial charge in [0.05, 0.1) is 11.3 Å². The highest BCUT2D eigenvalue weighted by Gasteiger charge is 2.26. The van der Waals surface area contributed by atoms with Gasteiger partial charge in [0.25, 0.3) is 5.91 Å². The number of nitrogens with two attached hydrogens (primary N) is 2. The maximum atomic E-state index is 12.5. The van der Waals surface area contributed by atoms with Crippen LogP contribution < -0.4 is 21.6 Å². The highest BCUT2D eigenvalue weighted by Crippen LogP contribution is 2.38. The Hall–Kier alpha value is -3.05. The highest BCUT2D eigenvalue weighted by atomic mass is 32.2. The summed E-state index contributed by atoms with van der Waals surface area (Å²) >= 11 is 2.58. The molecule has 2 amide bonds. The number of benzene rings is 1. The molecular weight excluding hydrogens is 460 g/mol. The van der Waals surface area contributed by atoms with Crippen molar-refractivity contribution in [1.29, 1.82) is 0 Å². The fraction of sp³-hybridized carbons (Fsp3) is 0.364. The fourth-order valence-electron chi connectivity index (χ4n) is 3.65.